The quantitative estimate of drug-likeness (QED) is 0.128. The summed E-state index contributed by atoms with van der Waals surface area (Å²) in [6.07, 6.45) is 0. The van der Waals surface area contributed by atoms with Crippen molar-refractivity contribution in [3.63, 3.8) is 0 Å². The molecule has 11 rings (SSSR count). The summed E-state index contributed by atoms with van der Waals surface area (Å²) >= 11 is 0. The summed E-state index contributed by atoms with van der Waals surface area (Å²) in [6.45, 7) is 34.8. The third kappa shape index (κ3) is 8.28. The van der Waals surface area contributed by atoms with Crippen molar-refractivity contribution in [1.82, 2.24) is 0 Å². The van der Waals surface area contributed by atoms with E-state index in [2.05, 4.69) is 284 Å². The largest absolute Gasteiger partial charge is 0.311 e. The van der Waals surface area contributed by atoms with Crippen LogP contribution in [0.3, 0.4) is 0 Å². The van der Waals surface area contributed by atoms with Crippen LogP contribution in [0.25, 0.3) is 43.8 Å². The van der Waals surface area contributed by atoms with Crippen molar-refractivity contribution in [2.75, 3.05) is 9.80 Å². The Morgan fingerprint density at radius 2 is 0.644 bits per heavy atom. The molecule has 0 spiro atoms. The van der Waals surface area contributed by atoms with E-state index in [1.807, 2.05) is 0 Å². The third-order valence-corrected chi connectivity index (χ3v) is 16.0. The zero-order valence-electron chi connectivity index (χ0n) is 46.1. The van der Waals surface area contributed by atoms with Crippen molar-refractivity contribution >= 4 is 78.8 Å². The summed E-state index contributed by atoms with van der Waals surface area (Å²) in [5.41, 5.74) is 23.0. The van der Waals surface area contributed by atoms with Gasteiger partial charge in [-0.2, -0.15) is 0 Å². The van der Waals surface area contributed by atoms with Crippen LogP contribution >= 0.6 is 0 Å². The predicted molar refractivity (Wildman–Crippen MR) is 320 cm³/mol. The predicted octanol–water partition coefficient (Wildman–Crippen LogP) is 17.9. The van der Waals surface area contributed by atoms with Crippen LogP contribution in [0.4, 0.5) is 34.1 Å². The number of benzene rings is 9. The van der Waals surface area contributed by atoms with Crippen molar-refractivity contribution in [2.45, 2.75) is 131 Å². The van der Waals surface area contributed by atoms with E-state index in [-0.39, 0.29) is 33.8 Å². The molecule has 0 amide bonds. The highest BCUT2D eigenvalue weighted by Gasteiger charge is 2.45. The Labute approximate surface area is 437 Å². The van der Waals surface area contributed by atoms with Crippen molar-refractivity contribution in [3.8, 4) is 22.3 Å². The second kappa shape index (κ2) is 16.9. The molecule has 0 aromatic heterocycles. The van der Waals surface area contributed by atoms with E-state index in [0.29, 0.717) is 0 Å². The highest BCUT2D eigenvalue weighted by atomic mass is 15.2. The zero-order valence-corrected chi connectivity index (χ0v) is 46.1. The summed E-state index contributed by atoms with van der Waals surface area (Å²) in [5.74, 6) is 0. The van der Waals surface area contributed by atoms with Gasteiger partial charge in [-0.05, 0) is 164 Å². The van der Waals surface area contributed by atoms with Crippen LogP contribution < -0.4 is 26.2 Å². The Kier molecular flexibility index (Phi) is 11.2. The van der Waals surface area contributed by atoms with E-state index in [9.17, 15) is 0 Å². The third-order valence-electron chi connectivity index (χ3n) is 16.0. The number of anilines is 6. The van der Waals surface area contributed by atoms with E-state index in [4.69, 9.17) is 0 Å². The average Bonchev–Trinajstić information content (AvgIpc) is 3.34. The van der Waals surface area contributed by atoms with Crippen molar-refractivity contribution in [3.05, 3.63) is 198 Å². The second-order valence-electron chi connectivity index (χ2n) is 26.3. The summed E-state index contributed by atoms with van der Waals surface area (Å²) in [6, 6.07) is 66.2. The number of rotatable bonds is 4. The number of hydrogen-bond donors (Lipinski definition) is 0. The van der Waals surface area contributed by atoms with Gasteiger partial charge in [0.1, 0.15) is 0 Å². The Morgan fingerprint density at radius 3 is 1.07 bits per heavy atom. The average molecular weight is 953 g/mol. The maximum Gasteiger partial charge on any atom is 0.252 e. The standard InChI is InChI=1S/C70H73BN2/c1-66(2,3)46-27-24-44(25-28-46)63-53-20-16-18-22-55(53)64(56-23-19-17-21-54(56)63)45-26-39-59-58(40-45)71-57-38-33-49(69(10,11)12)41-60(57)73(52-36-31-48(32-37-52)68(7,8)9)62-43-50(70(13,14)15)42-61(65(62)71)72(59)51-34-29-47(30-35-51)67(4,5)6/h16-43H,1-15H3. The van der Waals surface area contributed by atoms with E-state index in [0.717, 1.165) is 0 Å². The van der Waals surface area contributed by atoms with Crippen molar-refractivity contribution in [1.29, 1.82) is 0 Å². The molecule has 0 saturated carbocycles. The molecule has 0 saturated heterocycles. The Balaban J connectivity index is 1.23. The first-order valence-corrected chi connectivity index (χ1v) is 26.7. The minimum absolute atomic E-state index is 0.0271. The Morgan fingerprint density at radius 1 is 0.288 bits per heavy atom. The summed E-state index contributed by atoms with van der Waals surface area (Å²) in [4.78, 5) is 5.19. The van der Waals surface area contributed by atoms with Gasteiger partial charge in [0.25, 0.3) is 6.71 Å². The van der Waals surface area contributed by atoms with Crippen LogP contribution in [0.15, 0.2) is 170 Å². The molecule has 2 heterocycles. The first-order chi connectivity index (χ1) is 34.4. The Hall–Kier alpha value is -6.84. The first kappa shape index (κ1) is 48.4. The van der Waals surface area contributed by atoms with Gasteiger partial charge in [0.2, 0.25) is 0 Å². The van der Waals surface area contributed by atoms with Gasteiger partial charge in [0.05, 0.1) is 0 Å². The SMILES string of the molecule is CC(C)(C)c1ccc(-c2c3ccccc3c(-c3ccc4c(c3)B3c5ccc(C(C)(C)C)cc5N(c5ccc(C(C)(C)C)cc5)c5cc(C(C)(C)C)cc(c53)N4c3ccc(C(C)(C)C)cc3)c3ccccc23)cc1. The van der Waals surface area contributed by atoms with Crippen LogP contribution in [0.5, 0.6) is 0 Å². The molecule has 2 aliphatic heterocycles. The van der Waals surface area contributed by atoms with Crippen LogP contribution in [-0.2, 0) is 27.1 Å². The van der Waals surface area contributed by atoms with Gasteiger partial charge in [-0.25, -0.2) is 0 Å². The van der Waals surface area contributed by atoms with Crippen LogP contribution in [0.2, 0.25) is 0 Å². The molecule has 0 unspecified atom stereocenters. The van der Waals surface area contributed by atoms with Gasteiger partial charge < -0.3 is 9.80 Å². The Bertz CT molecular complexity index is 3560. The van der Waals surface area contributed by atoms with Gasteiger partial charge >= 0.3 is 0 Å². The van der Waals surface area contributed by atoms with Crippen LogP contribution in [0.1, 0.15) is 132 Å². The van der Waals surface area contributed by atoms with Gasteiger partial charge in [0, 0.05) is 34.1 Å². The lowest BCUT2D eigenvalue weighted by Crippen LogP contribution is -2.61. The van der Waals surface area contributed by atoms with Gasteiger partial charge in [-0.3, -0.25) is 0 Å². The molecule has 366 valence electrons. The van der Waals surface area contributed by atoms with Crippen molar-refractivity contribution < 1.29 is 0 Å². The monoisotopic (exact) mass is 953 g/mol. The minimum Gasteiger partial charge on any atom is -0.311 e. The highest BCUT2D eigenvalue weighted by molar-refractivity contribution is 7.00. The topological polar surface area (TPSA) is 6.48 Å². The van der Waals surface area contributed by atoms with E-state index in [1.165, 1.54) is 122 Å². The molecule has 2 nitrogen and oxygen atoms in total. The lowest BCUT2D eigenvalue weighted by molar-refractivity contribution is 0.589. The number of fused-ring (bicyclic) bond motifs is 6. The summed E-state index contributed by atoms with van der Waals surface area (Å²) < 4.78 is 0. The van der Waals surface area contributed by atoms with Crippen LogP contribution in [0, 0.1) is 0 Å². The molecule has 0 radical (unpaired) electrons. The van der Waals surface area contributed by atoms with E-state index in [1.54, 1.807) is 0 Å². The highest BCUT2D eigenvalue weighted by Crippen LogP contribution is 2.49. The zero-order chi connectivity index (χ0) is 51.7. The molecular formula is C70H73BN2. The lowest BCUT2D eigenvalue weighted by Gasteiger charge is -2.45. The van der Waals surface area contributed by atoms with Crippen LogP contribution in [-0.4, -0.2) is 6.71 Å². The van der Waals surface area contributed by atoms with E-state index < -0.39 is 0 Å². The number of nitrogens with zero attached hydrogens (tertiary/aromatic N) is 2. The molecule has 9 aromatic rings. The normalized spacial score (nSPS) is 13.9. The fraction of sp³-hybridized carbons (Fsp3) is 0.286. The summed E-state index contributed by atoms with van der Waals surface area (Å²) in [5, 5.41) is 5.07. The molecule has 2 aliphatic rings. The number of hydrogen-bond acceptors (Lipinski definition) is 2. The van der Waals surface area contributed by atoms with Gasteiger partial charge in [0.15, 0.2) is 0 Å². The maximum atomic E-state index is 2.60. The molecule has 0 bridgehead atoms. The molecule has 0 N–H and O–H groups in total. The fourth-order valence-electron chi connectivity index (χ4n) is 11.7. The molecule has 9 aromatic carbocycles. The smallest absolute Gasteiger partial charge is 0.252 e. The van der Waals surface area contributed by atoms with Gasteiger partial charge in [-0.1, -0.05) is 225 Å². The lowest BCUT2D eigenvalue weighted by atomic mass is 9.33. The van der Waals surface area contributed by atoms with E-state index >= 15 is 0 Å². The van der Waals surface area contributed by atoms with Gasteiger partial charge in [-0.15, -0.1) is 0 Å². The molecule has 73 heavy (non-hydrogen) atoms. The second-order valence-corrected chi connectivity index (χ2v) is 26.3. The fourth-order valence-corrected chi connectivity index (χ4v) is 11.7. The molecular weight excluding hydrogens is 880 g/mol. The minimum atomic E-state index is -0.120. The van der Waals surface area contributed by atoms with Crippen molar-refractivity contribution in [2.24, 2.45) is 0 Å². The molecule has 3 heteroatoms. The molecule has 0 fully saturated rings. The first-order valence-electron chi connectivity index (χ1n) is 26.7. The molecule has 0 aliphatic carbocycles. The maximum absolute atomic E-state index is 2.60. The molecule has 0 atom stereocenters. The summed E-state index contributed by atoms with van der Waals surface area (Å²) in [7, 11) is 0.